The van der Waals surface area contributed by atoms with E-state index in [1.165, 1.54) is 0 Å². The van der Waals surface area contributed by atoms with Crippen molar-refractivity contribution < 1.29 is 19.8 Å². The number of hydrogen-bond acceptors (Lipinski definition) is 7. The van der Waals surface area contributed by atoms with Gasteiger partial charge in [0, 0.05) is 49.1 Å². The maximum absolute atomic E-state index is 13.8. The van der Waals surface area contributed by atoms with Crippen molar-refractivity contribution in [2.75, 3.05) is 37.6 Å². The Morgan fingerprint density at radius 3 is 2.68 bits per heavy atom. The van der Waals surface area contributed by atoms with Crippen molar-refractivity contribution in [3.8, 4) is 0 Å². The van der Waals surface area contributed by atoms with Crippen molar-refractivity contribution in [1.29, 1.82) is 0 Å². The van der Waals surface area contributed by atoms with Crippen LogP contribution in [0.1, 0.15) is 46.0 Å². The van der Waals surface area contributed by atoms with E-state index in [0.29, 0.717) is 12.8 Å². The summed E-state index contributed by atoms with van der Waals surface area (Å²) in [5, 5.41) is 23.6. The molecule has 3 saturated carbocycles. The van der Waals surface area contributed by atoms with Crippen LogP contribution in [0.3, 0.4) is 0 Å². The third-order valence-corrected chi connectivity index (χ3v) is 10.8. The molecule has 198 valence electrons. The van der Waals surface area contributed by atoms with Gasteiger partial charge in [0.05, 0.1) is 12.6 Å². The number of pyridine rings is 1. The second-order valence-electron chi connectivity index (χ2n) is 12.5. The number of aromatic nitrogens is 1. The fourth-order valence-corrected chi connectivity index (χ4v) is 8.80. The lowest BCUT2D eigenvalue weighted by Crippen LogP contribution is -2.62. The predicted octanol–water partition coefficient (Wildman–Crippen LogP) is 2.78. The van der Waals surface area contributed by atoms with Crippen LogP contribution in [0.5, 0.6) is 0 Å². The second kappa shape index (κ2) is 8.85. The van der Waals surface area contributed by atoms with E-state index in [9.17, 15) is 19.8 Å². The predicted molar refractivity (Wildman–Crippen MR) is 141 cm³/mol. The maximum Gasteiger partial charge on any atom is 0.178 e. The first-order chi connectivity index (χ1) is 17.7. The highest BCUT2D eigenvalue weighted by Crippen LogP contribution is 2.67. The number of rotatable bonds is 4. The lowest BCUT2D eigenvalue weighted by molar-refractivity contribution is -0.177. The molecule has 0 unspecified atom stereocenters. The van der Waals surface area contributed by atoms with Gasteiger partial charge in [-0.1, -0.05) is 31.6 Å². The summed E-state index contributed by atoms with van der Waals surface area (Å²) in [5.41, 5.74) is -1.28. The van der Waals surface area contributed by atoms with E-state index in [4.69, 9.17) is 0 Å². The molecule has 7 nitrogen and oxygen atoms in total. The Morgan fingerprint density at radius 2 is 1.95 bits per heavy atom. The Bertz CT molecular complexity index is 1140. The quantitative estimate of drug-likeness (QED) is 0.650. The Labute approximate surface area is 219 Å². The number of ketones is 2. The molecule has 37 heavy (non-hydrogen) atoms. The molecule has 1 aliphatic heterocycles. The van der Waals surface area contributed by atoms with E-state index < -0.39 is 17.1 Å². The Balaban J connectivity index is 1.17. The summed E-state index contributed by atoms with van der Waals surface area (Å²) in [6.07, 6.45) is 10.00. The lowest BCUT2D eigenvalue weighted by atomic mass is 9.46. The molecule has 0 aromatic carbocycles. The number of aliphatic hydroxyl groups excluding tert-OH is 1. The molecular weight excluding hydrogens is 466 g/mol. The van der Waals surface area contributed by atoms with Gasteiger partial charge in [0.1, 0.15) is 11.4 Å². The number of carbonyl (C=O) groups excluding carboxylic acids is 2. The summed E-state index contributed by atoms with van der Waals surface area (Å²) >= 11 is 0. The van der Waals surface area contributed by atoms with Crippen molar-refractivity contribution >= 4 is 17.4 Å². The summed E-state index contributed by atoms with van der Waals surface area (Å²) in [6, 6.07) is 5.91. The second-order valence-corrected chi connectivity index (χ2v) is 12.5. The van der Waals surface area contributed by atoms with Gasteiger partial charge in [0.15, 0.2) is 11.6 Å². The molecule has 0 amide bonds. The van der Waals surface area contributed by atoms with Crippen molar-refractivity contribution in [3.63, 3.8) is 0 Å². The van der Waals surface area contributed by atoms with Gasteiger partial charge in [-0.3, -0.25) is 14.5 Å². The number of nitrogens with zero attached hydrogens (tertiary/aromatic N) is 3. The zero-order valence-electron chi connectivity index (χ0n) is 22.0. The van der Waals surface area contributed by atoms with Crippen LogP contribution < -0.4 is 4.90 Å². The fourth-order valence-electron chi connectivity index (χ4n) is 8.80. The van der Waals surface area contributed by atoms with E-state index in [2.05, 4.69) is 28.6 Å². The highest BCUT2D eigenvalue weighted by atomic mass is 16.3. The largest absolute Gasteiger partial charge is 0.393 e. The van der Waals surface area contributed by atoms with Crippen LogP contribution >= 0.6 is 0 Å². The monoisotopic (exact) mass is 505 g/mol. The SMILES string of the molecule is C[C@]12C=CC(=O)C=C1CC[C@@H]1[C@@H]2[C@H](O)C[C@@]2(C)[C@H]1CC[C@]2(O)C(=O)CN1CCN(c2ccccn2)CC1. The Kier molecular flexibility index (Phi) is 5.97. The normalized spacial score (nSPS) is 41.6. The molecule has 4 aliphatic carbocycles. The molecule has 7 atom stereocenters. The molecule has 0 spiro atoms. The van der Waals surface area contributed by atoms with E-state index in [1.54, 1.807) is 18.3 Å². The number of piperazine rings is 1. The van der Waals surface area contributed by atoms with Crippen molar-refractivity contribution in [2.24, 2.45) is 28.6 Å². The number of carbonyl (C=O) groups is 2. The van der Waals surface area contributed by atoms with Gasteiger partial charge in [0.2, 0.25) is 0 Å². The van der Waals surface area contributed by atoms with E-state index in [-0.39, 0.29) is 41.3 Å². The van der Waals surface area contributed by atoms with Crippen LogP contribution in [0.15, 0.2) is 48.2 Å². The van der Waals surface area contributed by atoms with Gasteiger partial charge in [-0.15, -0.1) is 0 Å². The third kappa shape index (κ3) is 3.76. The van der Waals surface area contributed by atoms with Gasteiger partial charge >= 0.3 is 0 Å². The molecule has 6 rings (SSSR count). The zero-order chi connectivity index (χ0) is 26.0. The minimum absolute atomic E-state index is 0.00653. The van der Waals surface area contributed by atoms with Crippen molar-refractivity contribution in [1.82, 2.24) is 9.88 Å². The average molecular weight is 506 g/mol. The average Bonchev–Trinajstić information content (AvgIpc) is 3.16. The molecule has 2 heterocycles. The first kappa shape index (κ1) is 25.0. The lowest BCUT2D eigenvalue weighted by Gasteiger charge is -2.59. The van der Waals surface area contributed by atoms with Crippen LogP contribution in [0.25, 0.3) is 0 Å². The fraction of sp³-hybridized carbons (Fsp3) is 0.633. The molecule has 7 heteroatoms. The molecular formula is C30H39N3O4. The van der Waals surface area contributed by atoms with Gasteiger partial charge in [-0.05, 0) is 68.2 Å². The summed E-state index contributed by atoms with van der Waals surface area (Å²) < 4.78 is 0. The van der Waals surface area contributed by atoms with Crippen molar-refractivity contribution in [2.45, 2.75) is 57.7 Å². The first-order valence-electron chi connectivity index (χ1n) is 13.9. The van der Waals surface area contributed by atoms with Crippen molar-refractivity contribution in [3.05, 3.63) is 48.2 Å². The smallest absolute Gasteiger partial charge is 0.178 e. The minimum atomic E-state index is -1.42. The van der Waals surface area contributed by atoms with Gasteiger partial charge < -0.3 is 15.1 Å². The molecule has 0 bridgehead atoms. The van der Waals surface area contributed by atoms with Crippen LogP contribution in [0.2, 0.25) is 0 Å². The topological polar surface area (TPSA) is 94.0 Å². The summed E-state index contributed by atoms with van der Waals surface area (Å²) in [6.45, 7) is 7.56. The number of anilines is 1. The third-order valence-electron chi connectivity index (χ3n) is 10.8. The standard InChI is InChI=1S/C30H39N3O4/c1-28-10-8-21(34)17-20(28)6-7-22-23-9-11-30(37,29(23,2)18-24(35)27(22)28)25(36)19-32-13-15-33(16-14-32)26-5-3-4-12-31-26/h3-5,8,10,12,17,22-24,27,35,37H,6-7,9,11,13-16,18-19H2,1-2H3/t22-,23-,24+,27+,28-,29-,30-/m0/s1. The maximum atomic E-state index is 13.8. The highest BCUT2D eigenvalue weighted by molar-refractivity contribution is 6.01. The zero-order valence-corrected chi connectivity index (χ0v) is 22.0. The number of hydrogen-bond donors (Lipinski definition) is 2. The molecule has 1 aromatic heterocycles. The van der Waals surface area contributed by atoms with E-state index in [0.717, 1.165) is 56.8 Å². The highest BCUT2D eigenvalue weighted by Gasteiger charge is 2.68. The number of allylic oxidation sites excluding steroid dienone is 4. The molecule has 5 aliphatic rings. The van der Waals surface area contributed by atoms with Crippen LogP contribution in [0, 0.1) is 28.6 Å². The Hall–Kier alpha value is -2.35. The molecule has 1 aromatic rings. The molecule has 0 radical (unpaired) electrons. The molecule has 1 saturated heterocycles. The number of fused-ring (bicyclic) bond motifs is 5. The minimum Gasteiger partial charge on any atom is -0.393 e. The number of aliphatic hydroxyl groups is 2. The van der Waals surface area contributed by atoms with Gasteiger partial charge in [0.25, 0.3) is 0 Å². The summed E-state index contributed by atoms with van der Waals surface area (Å²) in [7, 11) is 0. The van der Waals surface area contributed by atoms with E-state index >= 15 is 0 Å². The van der Waals surface area contributed by atoms with E-state index in [1.807, 2.05) is 24.3 Å². The first-order valence-corrected chi connectivity index (χ1v) is 13.9. The van der Waals surface area contributed by atoms with Crippen LogP contribution in [-0.4, -0.2) is 76.1 Å². The summed E-state index contributed by atoms with van der Waals surface area (Å²) in [5.74, 6) is 1.30. The Morgan fingerprint density at radius 1 is 1.16 bits per heavy atom. The number of Topliss-reactive ketones (excluding diaryl/α,β-unsaturated/α-hetero) is 1. The van der Waals surface area contributed by atoms with Crippen LogP contribution in [0.4, 0.5) is 5.82 Å². The van der Waals surface area contributed by atoms with Gasteiger partial charge in [-0.25, -0.2) is 4.98 Å². The molecule has 4 fully saturated rings. The summed E-state index contributed by atoms with van der Waals surface area (Å²) in [4.78, 5) is 34.7. The van der Waals surface area contributed by atoms with Gasteiger partial charge in [-0.2, -0.15) is 0 Å². The molecule has 2 N–H and O–H groups in total. The van der Waals surface area contributed by atoms with Crippen LogP contribution in [-0.2, 0) is 9.59 Å².